The quantitative estimate of drug-likeness (QED) is 0.642. The average Bonchev–Trinajstić information content (AvgIpc) is 2.65. The van der Waals surface area contributed by atoms with Gasteiger partial charge in [0.2, 0.25) is 0 Å². The van der Waals surface area contributed by atoms with Crippen LogP contribution in [0.4, 0.5) is 0 Å². The molecule has 0 heterocycles. The lowest BCUT2D eigenvalue weighted by Crippen LogP contribution is -2.33. The highest BCUT2D eigenvalue weighted by Gasteiger charge is 2.36. The van der Waals surface area contributed by atoms with Crippen LogP contribution >= 0.6 is 0 Å². The summed E-state index contributed by atoms with van der Waals surface area (Å²) in [6.07, 6.45) is 7.84. The van der Waals surface area contributed by atoms with Gasteiger partial charge in [-0.3, -0.25) is 0 Å². The predicted molar refractivity (Wildman–Crippen MR) is 116 cm³/mol. The van der Waals surface area contributed by atoms with Gasteiger partial charge in [-0.2, -0.15) is 0 Å². The molecule has 0 fully saturated rings. The highest BCUT2D eigenvalue weighted by molar-refractivity contribution is 5.90. The highest BCUT2D eigenvalue weighted by atomic mass is 16.4. The van der Waals surface area contributed by atoms with Crippen LogP contribution in [0, 0.1) is 0 Å². The summed E-state index contributed by atoms with van der Waals surface area (Å²) in [6.45, 7) is 9.44. The Kier molecular flexibility index (Phi) is 4.49. The van der Waals surface area contributed by atoms with Gasteiger partial charge in [-0.05, 0) is 88.5 Å². The molecule has 1 N–H and O–H groups in total. The van der Waals surface area contributed by atoms with E-state index in [9.17, 15) is 9.90 Å². The van der Waals surface area contributed by atoms with Crippen molar-refractivity contribution < 1.29 is 9.90 Å². The Morgan fingerprint density at radius 3 is 2.36 bits per heavy atom. The molecule has 0 aromatic heterocycles. The van der Waals surface area contributed by atoms with Crippen molar-refractivity contribution in [3.8, 4) is 0 Å². The maximum atomic E-state index is 11.3. The molecule has 2 nitrogen and oxygen atoms in total. The monoisotopic (exact) mass is 374 g/mol. The molecule has 0 aliphatic heterocycles. The van der Waals surface area contributed by atoms with E-state index < -0.39 is 5.97 Å². The molecule has 0 saturated heterocycles. The van der Waals surface area contributed by atoms with E-state index in [-0.39, 0.29) is 10.8 Å². The number of fused-ring (bicyclic) bond motifs is 2. The summed E-state index contributed by atoms with van der Waals surface area (Å²) in [5.74, 6) is -0.849. The normalized spacial score (nSPS) is 21.1. The zero-order valence-electron chi connectivity index (χ0n) is 17.4. The molecule has 2 aromatic rings. The molecule has 4 rings (SSSR count). The third-order valence-corrected chi connectivity index (χ3v) is 6.81. The van der Waals surface area contributed by atoms with E-state index in [2.05, 4.69) is 52.0 Å². The van der Waals surface area contributed by atoms with Crippen molar-refractivity contribution in [3.63, 3.8) is 0 Å². The second kappa shape index (κ2) is 6.62. The highest BCUT2D eigenvalue weighted by Crippen LogP contribution is 2.46. The molecule has 0 saturated carbocycles. The minimum absolute atomic E-state index is 0.209. The van der Waals surface area contributed by atoms with E-state index in [0.717, 1.165) is 24.8 Å². The number of hydrogen-bond acceptors (Lipinski definition) is 1. The van der Waals surface area contributed by atoms with Gasteiger partial charge in [0.05, 0.1) is 5.56 Å². The van der Waals surface area contributed by atoms with Gasteiger partial charge < -0.3 is 5.11 Å². The molecule has 0 bridgehead atoms. The van der Waals surface area contributed by atoms with E-state index in [4.69, 9.17) is 0 Å². The number of rotatable bonds is 2. The van der Waals surface area contributed by atoms with Gasteiger partial charge in [-0.25, -0.2) is 4.79 Å². The second-order valence-corrected chi connectivity index (χ2v) is 9.77. The molecule has 2 aliphatic rings. The number of aromatic carboxylic acids is 1. The first-order valence-corrected chi connectivity index (χ1v) is 10.4. The number of carbonyl (C=O) groups is 1. The summed E-state index contributed by atoms with van der Waals surface area (Å²) in [5.41, 5.74) is 8.77. The number of carboxylic acids is 1. The standard InChI is InChI=1S/C26H30O2/c1-25(2)12-13-26(3,4)23-15-17(8-11-22(23)25)14-18-6-5-7-19-16-20(24(27)28)9-10-21(18)19/h8-11,14-16H,5-7,12-13H2,1-4H3,(H,27,28)/b18-14+. The fraction of sp³-hybridized carbons (Fsp3) is 0.423. The molecular weight excluding hydrogens is 344 g/mol. The van der Waals surface area contributed by atoms with Gasteiger partial charge >= 0.3 is 5.97 Å². The van der Waals surface area contributed by atoms with Gasteiger partial charge in [0.25, 0.3) is 0 Å². The van der Waals surface area contributed by atoms with Crippen LogP contribution in [-0.4, -0.2) is 11.1 Å². The number of hydrogen-bond donors (Lipinski definition) is 1. The first-order chi connectivity index (χ1) is 13.2. The van der Waals surface area contributed by atoms with Crippen molar-refractivity contribution in [1.29, 1.82) is 0 Å². The van der Waals surface area contributed by atoms with Crippen molar-refractivity contribution in [1.82, 2.24) is 0 Å². The molecule has 0 spiro atoms. The van der Waals surface area contributed by atoms with Crippen molar-refractivity contribution in [2.24, 2.45) is 0 Å². The van der Waals surface area contributed by atoms with E-state index in [0.29, 0.717) is 5.56 Å². The zero-order valence-corrected chi connectivity index (χ0v) is 17.4. The summed E-state index contributed by atoms with van der Waals surface area (Å²) in [4.78, 5) is 11.3. The van der Waals surface area contributed by atoms with Crippen molar-refractivity contribution in [2.75, 3.05) is 0 Å². The lowest BCUT2D eigenvalue weighted by Gasteiger charge is -2.42. The van der Waals surface area contributed by atoms with Crippen molar-refractivity contribution in [2.45, 2.75) is 70.6 Å². The van der Waals surface area contributed by atoms with Crippen LogP contribution in [0.2, 0.25) is 0 Å². The summed E-state index contributed by atoms with van der Waals surface area (Å²) in [7, 11) is 0. The maximum absolute atomic E-state index is 11.3. The van der Waals surface area contributed by atoms with Gasteiger partial charge in [0.1, 0.15) is 0 Å². The lowest BCUT2D eigenvalue weighted by molar-refractivity contribution is 0.0696. The van der Waals surface area contributed by atoms with Crippen LogP contribution in [-0.2, 0) is 17.3 Å². The van der Waals surface area contributed by atoms with Gasteiger partial charge in [-0.15, -0.1) is 0 Å². The number of aryl methyl sites for hydroxylation is 1. The van der Waals surface area contributed by atoms with Crippen molar-refractivity contribution >= 4 is 17.6 Å². The summed E-state index contributed by atoms with van der Waals surface area (Å²) in [6, 6.07) is 12.6. The van der Waals surface area contributed by atoms with Gasteiger partial charge in [0.15, 0.2) is 0 Å². The Hall–Kier alpha value is -2.35. The smallest absolute Gasteiger partial charge is 0.335 e. The summed E-state index contributed by atoms with van der Waals surface area (Å²) >= 11 is 0. The molecule has 0 unspecified atom stereocenters. The topological polar surface area (TPSA) is 37.3 Å². The summed E-state index contributed by atoms with van der Waals surface area (Å²) in [5, 5.41) is 9.28. The average molecular weight is 375 g/mol. The number of benzene rings is 2. The Balaban J connectivity index is 1.76. The minimum atomic E-state index is -0.849. The Labute approximate surface area is 168 Å². The first kappa shape index (κ1) is 19.0. The van der Waals surface area contributed by atoms with Gasteiger partial charge in [0, 0.05) is 0 Å². The van der Waals surface area contributed by atoms with Gasteiger partial charge in [-0.1, -0.05) is 58.0 Å². The van der Waals surface area contributed by atoms with Crippen LogP contribution in [0.1, 0.15) is 91.6 Å². The van der Waals surface area contributed by atoms with Crippen LogP contribution in [0.5, 0.6) is 0 Å². The Bertz CT molecular complexity index is 976. The van der Waals surface area contributed by atoms with Crippen LogP contribution in [0.15, 0.2) is 36.4 Å². The molecule has 146 valence electrons. The SMILES string of the molecule is CC1(C)CCC(C)(C)c2cc(/C=C3\CCCc4cc(C(=O)O)ccc43)ccc21. The number of carboxylic acid groups (broad SMARTS) is 1. The molecule has 0 radical (unpaired) electrons. The lowest BCUT2D eigenvalue weighted by atomic mass is 9.63. The molecule has 0 amide bonds. The zero-order chi connectivity index (χ0) is 20.1. The summed E-state index contributed by atoms with van der Waals surface area (Å²) < 4.78 is 0. The largest absolute Gasteiger partial charge is 0.478 e. The third-order valence-electron chi connectivity index (χ3n) is 6.81. The van der Waals surface area contributed by atoms with E-state index in [1.165, 1.54) is 40.7 Å². The molecule has 2 aromatic carbocycles. The van der Waals surface area contributed by atoms with Crippen LogP contribution < -0.4 is 0 Å². The molecule has 2 aliphatic carbocycles. The minimum Gasteiger partial charge on any atom is -0.478 e. The van der Waals surface area contributed by atoms with Crippen molar-refractivity contribution in [3.05, 3.63) is 69.8 Å². The predicted octanol–water partition coefficient (Wildman–Crippen LogP) is 6.61. The van der Waals surface area contributed by atoms with Crippen LogP contribution in [0.25, 0.3) is 11.6 Å². The second-order valence-electron chi connectivity index (χ2n) is 9.77. The first-order valence-electron chi connectivity index (χ1n) is 10.4. The fourth-order valence-corrected chi connectivity index (χ4v) is 4.90. The van der Waals surface area contributed by atoms with Crippen LogP contribution in [0.3, 0.4) is 0 Å². The number of allylic oxidation sites excluding steroid dienone is 1. The Morgan fingerprint density at radius 2 is 1.64 bits per heavy atom. The fourth-order valence-electron chi connectivity index (χ4n) is 4.90. The maximum Gasteiger partial charge on any atom is 0.335 e. The van der Waals surface area contributed by atoms with E-state index >= 15 is 0 Å². The molecular formula is C26H30O2. The molecule has 28 heavy (non-hydrogen) atoms. The third kappa shape index (κ3) is 3.30. The molecule has 0 atom stereocenters. The van der Waals surface area contributed by atoms with E-state index in [1.807, 2.05) is 12.1 Å². The Morgan fingerprint density at radius 1 is 0.929 bits per heavy atom. The van der Waals surface area contributed by atoms with E-state index in [1.54, 1.807) is 6.07 Å². The molecule has 2 heteroatoms.